The molecular weight excluding hydrogens is 399 g/mol. The summed E-state index contributed by atoms with van der Waals surface area (Å²) in [6, 6.07) is 0. The van der Waals surface area contributed by atoms with Crippen molar-refractivity contribution in [3.8, 4) is 0 Å². The lowest BCUT2D eigenvalue weighted by Crippen LogP contribution is -2.69. The van der Waals surface area contributed by atoms with Gasteiger partial charge in [0, 0.05) is 16.7 Å². The Morgan fingerprint density at radius 2 is 2.00 bits per heavy atom. The second kappa shape index (κ2) is 6.16. The van der Waals surface area contributed by atoms with E-state index in [4.69, 9.17) is 9.47 Å². The Morgan fingerprint density at radius 1 is 1.29 bits per heavy atom. The molecule has 4 aliphatic carbocycles. The third-order valence-electron chi connectivity index (χ3n) is 9.35. The Hall–Kier alpha value is -1.34. The summed E-state index contributed by atoms with van der Waals surface area (Å²) in [6.45, 7) is 11.4. The molecule has 4 fully saturated rings. The summed E-state index contributed by atoms with van der Waals surface area (Å²) in [5.41, 5.74) is -3.25. The predicted octanol–water partition coefficient (Wildman–Crippen LogP) is 3.41. The van der Waals surface area contributed by atoms with Gasteiger partial charge in [0.15, 0.2) is 17.2 Å². The van der Waals surface area contributed by atoms with Gasteiger partial charge in [-0.25, -0.2) is 4.39 Å². The van der Waals surface area contributed by atoms with E-state index in [1.165, 1.54) is 6.08 Å². The number of carbonyl (C=O) groups excluding carboxylic acids is 1. The molecule has 0 aromatic rings. The minimum atomic E-state index is -1.89. The maximum atomic E-state index is 17.2. The number of halogens is 1. The number of hydrogen-bond donors (Lipinski definition) is 2. The Morgan fingerprint density at radius 3 is 2.68 bits per heavy atom. The van der Waals surface area contributed by atoms with Gasteiger partial charge in [-0.1, -0.05) is 25.2 Å². The fourth-order valence-corrected chi connectivity index (χ4v) is 8.07. The number of carbonyl (C=O) groups is 1. The maximum Gasteiger partial charge on any atom is 0.178 e. The van der Waals surface area contributed by atoms with Gasteiger partial charge in [-0.05, 0) is 70.1 Å². The molecule has 6 heteroatoms. The van der Waals surface area contributed by atoms with Gasteiger partial charge in [-0.2, -0.15) is 0 Å². The van der Waals surface area contributed by atoms with Gasteiger partial charge in [-0.15, -0.1) is 0 Å². The van der Waals surface area contributed by atoms with E-state index < -0.39 is 39.9 Å². The monoisotopic (exact) mass is 432 g/mol. The Bertz CT molecular complexity index is 923. The second-order valence-electron chi connectivity index (χ2n) is 11.1. The van der Waals surface area contributed by atoms with Crippen LogP contribution in [0.4, 0.5) is 4.39 Å². The third-order valence-corrected chi connectivity index (χ3v) is 9.35. The summed E-state index contributed by atoms with van der Waals surface area (Å²) in [5, 5.41) is 21.5. The van der Waals surface area contributed by atoms with E-state index in [2.05, 4.69) is 6.58 Å². The first kappa shape index (κ1) is 21.5. The van der Waals surface area contributed by atoms with Crippen LogP contribution in [0.25, 0.3) is 0 Å². The highest BCUT2D eigenvalue weighted by Gasteiger charge is 2.78. The predicted molar refractivity (Wildman–Crippen MR) is 113 cm³/mol. The van der Waals surface area contributed by atoms with Crippen molar-refractivity contribution in [3.63, 3.8) is 0 Å². The van der Waals surface area contributed by atoms with E-state index in [0.717, 1.165) is 5.57 Å². The first-order valence-electron chi connectivity index (χ1n) is 11.3. The van der Waals surface area contributed by atoms with Gasteiger partial charge in [0.1, 0.15) is 5.60 Å². The number of alkyl halides is 1. The first-order valence-corrected chi connectivity index (χ1v) is 11.3. The van der Waals surface area contributed by atoms with E-state index in [9.17, 15) is 15.0 Å². The van der Waals surface area contributed by atoms with E-state index in [1.807, 2.05) is 27.7 Å². The molecule has 31 heavy (non-hydrogen) atoms. The lowest BCUT2D eigenvalue weighted by atomic mass is 9.44. The van der Waals surface area contributed by atoms with E-state index >= 15 is 4.39 Å². The highest BCUT2D eigenvalue weighted by Crippen LogP contribution is 2.73. The summed E-state index contributed by atoms with van der Waals surface area (Å²) in [5.74, 6) is -1.52. The van der Waals surface area contributed by atoms with Gasteiger partial charge in [-0.3, -0.25) is 4.79 Å². The molecule has 5 aliphatic rings. The molecule has 5 rings (SSSR count). The van der Waals surface area contributed by atoms with Crippen LogP contribution < -0.4 is 0 Å². The SMILES string of the molecule is C=C(CO)[C@@]12OC(C)(C)OC1C[C@H]1[C@@H]3CCC4=CC(=O)C=C[C@]4(C)[C@@]3(F)[C@@H](O)C[C@@]12C. The average molecular weight is 433 g/mol. The normalized spacial score (nSPS) is 52.1. The molecule has 170 valence electrons. The number of aliphatic hydroxyl groups is 2. The van der Waals surface area contributed by atoms with Crippen molar-refractivity contribution in [2.75, 3.05) is 6.61 Å². The van der Waals surface area contributed by atoms with Crippen LogP contribution in [0.15, 0.2) is 36.0 Å². The van der Waals surface area contributed by atoms with E-state index in [0.29, 0.717) is 24.8 Å². The van der Waals surface area contributed by atoms with Crippen LogP contribution in [0.1, 0.15) is 53.4 Å². The molecule has 1 aliphatic heterocycles. The van der Waals surface area contributed by atoms with Gasteiger partial charge >= 0.3 is 0 Å². The van der Waals surface area contributed by atoms with Gasteiger partial charge in [0.05, 0.1) is 18.8 Å². The second-order valence-corrected chi connectivity index (χ2v) is 11.1. The molecule has 0 amide bonds. The fraction of sp³-hybridized carbons (Fsp3) is 0.720. The summed E-state index contributed by atoms with van der Waals surface area (Å²) >= 11 is 0. The number of rotatable bonds is 2. The zero-order chi connectivity index (χ0) is 22.6. The number of fused-ring (bicyclic) bond motifs is 7. The Kier molecular flexibility index (Phi) is 4.27. The number of ether oxygens (including phenoxy) is 2. The standard InChI is InChI=1S/C25H33FO5/c1-14(13-27)25-20(30-21(2,3)31-25)11-18-17-7-6-15-10-16(28)8-9-22(15,4)24(17,26)19(29)12-23(18,25)5/h8-10,17-20,27,29H,1,6-7,11-13H2,2-5H3/t17-,18-,19-,20?,22-,23-,24-,25+/m0/s1. The van der Waals surface area contributed by atoms with Crippen molar-refractivity contribution in [1.29, 1.82) is 0 Å². The van der Waals surface area contributed by atoms with Crippen LogP contribution in [0.5, 0.6) is 0 Å². The minimum absolute atomic E-state index is 0.116. The zero-order valence-corrected chi connectivity index (χ0v) is 18.8. The number of aliphatic hydroxyl groups excluding tert-OH is 2. The van der Waals surface area contributed by atoms with Gasteiger partial charge in [0.25, 0.3) is 0 Å². The molecule has 1 heterocycles. The molecule has 1 saturated heterocycles. The summed E-state index contributed by atoms with van der Waals surface area (Å²) in [4.78, 5) is 12.0. The zero-order valence-electron chi connectivity index (χ0n) is 18.8. The van der Waals surface area contributed by atoms with Crippen LogP contribution in [0.3, 0.4) is 0 Å². The van der Waals surface area contributed by atoms with Crippen molar-refractivity contribution in [2.24, 2.45) is 22.7 Å². The first-order chi connectivity index (χ1) is 14.4. The molecule has 5 nitrogen and oxygen atoms in total. The van der Waals surface area contributed by atoms with Crippen molar-refractivity contribution < 1.29 is 28.9 Å². The smallest absolute Gasteiger partial charge is 0.178 e. The third kappa shape index (κ3) is 2.32. The average Bonchev–Trinajstić information content (AvgIpc) is 3.09. The quantitative estimate of drug-likeness (QED) is 0.654. The van der Waals surface area contributed by atoms with Crippen LogP contribution in [-0.4, -0.2) is 51.9 Å². The lowest BCUT2D eigenvalue weighted by molar-refractivity contribution is -0.242. The van der Waals surface area contributed by atoms with Crippen LogP contribution in [0.2, 0.25) is 0 Å². The lowest BCUT2D eigenvalue weighted by Gasteiger charge is -2.63. The number of hydrogen-bond acceptors (Lipinski definition) is 5. The summed E-state index contributed by atoms with van der Waals surface area (Å²) in [7, 11) is 0. The molecule has 1 unspecified atom stereocenters. The molecule has 0 radical (unpaired) electrons. The highest BCUT2D eigenvalue weighted by atomic mass is 19.1. The van der Waals surface area contributed by atoms with Crippen LogP contribution in [0, 0.1) is 22.7 Å². The van der Waals surface area contributed by atoms with Crippen molar-refractivity contribution in [2.45, 2.75) is 82.6 Å². The molecular formula is C25H33FO5. The minimum Gasteiger partial charge on any atom is -0.392 e. The molecule has 0 aromatic carbocycles. The summed E-state index contributed by atoms with van der Waals surface area (Å²) < 4.78 is 30.0. The molecule has 8 atom stereocenters. The topological polar surface area (TPSA) is 76.0 Å². The number of allylic oxidation sites excluding steroid dienone is 4. The van der Waals surface area contributed by atoms with Gasteiger partial charge < -0.3 is 19.7 Å². The molecule has 2 N–H and O–H groups in total. The van der Waals surface area contributed by atoms with Crippen LogP contribution in [-0.2, 0) is 14.3 Å². The van der Waals surface area contributed by atoms with Gasteiger partial charge in [0.2, 0.25) is 0 Å². The Balaban J connectivity index is 1.64. The number of ketones is 1. The van der Waals surface area contributed by atoms with Crippen molar-refractivity contribution in [1.82, 2.24) is 0 Å². The van der Waals surface area contributed by atoms with Crippen LogP contribution >= 0.6 is 0 Å². The van der Waals surface area contributed by atoms with E-state index in [-0.39, 0.29) is 30.8 Å². The molecule has 0 aromatic heterocycles. The van der Waals surface area contributed by atoms with Crippen molar-refractivity contribution >= 4 is 5.78 Å². The Labute approximate surface area is 183 Å². The highest BCUT2D eigenvalue weighted by molar-refractivity contribution is 6.01. The largest absolute Gasteiger partial charge is 0.392 e. The molecule has 3 saturated carbocycles. The molecule has 0 bridgehead atoms. The maximum absolute atomic E-state index is 17.2. The fourth-order valence-electron chi connectivity index (χ4n) is 8.07. The molecule has 0 spiro atoms. The van der Waals surface area contributed by atoms with E-state index in [1.54, 1.807) is 12.2 Å². The van der Waals surface area contributed by atoms with Crippen molar-refractivity contribution in [3.05, 3.63) is 36.0 Å². The summed E-state index contributed by atoms with van der Waals surface area (Å²) in [6.07, 6.45) is 4.95.